The number of fused-ring (bicyclic) bond motifs is 1. The van der Waals surface area contributed by atoms with Gasteiger partial charge in [0.15, 0.2) is 5.69 Å². The molecule has 1 amide bonds. The maximum atomic E-state index is 12.3. The molecule has 3 aromatic rings. The molecule has 1 aromatic heterocycles. The summed E-state index contributed by atoms with van der Waals surface area (Å²) in [5.41, 5.74) is 5.08. The zero-order chi connectivity index (χ0) is 17.9. The molecule has 0 saturated heterocycles. The van der Waals surface area contributed by atoms with Gasteiger partial charge in [0.05, 0.1) is 6.42 Å². The lowest BCUT2D eigenvalue weighted by Gasteiger charge is -2.16. The molecule has 5 nitrogen and oxygen atoms in total. The highest BCUT2D eigenvalue weighted by Gasteiger charge is 2.17. The van der Waals surface area contributed by atoms with Crippen LogP contribution in [0.15, 0.2) is 47.1 Å². The van der Waals surface area contributed by atoms with E-state index in [9.17, 15) is 4.79 Å². The zero-order valence-corrected chi connectivity index (χ0v) is 14.9. The second-order valence-electron chi connectivity index (χ2n) is 6.50. The fourth-order valence-electron chi connectivity index (χ4n) is 3.30. The molecule has 1 heterocycles. The quantitative estimate of drug-likeness (QED) is 0.739. The first-order valence-corrected chi connectivity index (χ1v) is 9.06. The average molecular weight is 368 g/mol. The van der Waals surface area contributed by atoms with Gasteiger partial charge < -0.3 is 5.32 Å². The van der Waals surface area contributed by atoms with E-state index in [4.69, 9.17) is 16.2 Å². The van der Waals surface area contributed by atoms with Crippen LogP contribution >= 0.6 is 11.6 Å². The third-order valence-corrected chi connectivity index (χ3v) is 4.90. The summed E-state index contributed by atoms with van der Waals surface area (Å²) in [6, 6.07) is 13.5. The maximum Gasteiger partial charge on any atom is 0.230 e. The van der Waals surface area contributed by atoms with E-state index in [0.29, 0.717) is 16.5 Å². The first-order chi connectivity index (χ1) is 12.7. The molecule has 0 spiro atoms. The van der Waals surface area contributed by atoms with Crippen molar-refractivity contribution in [1.29, 1.82) is 0 Å². The van der Waals surface area contributed by atoms with E-state index < -0.39 is 0 Å². The van der Waals surface area contributed by atoms with E-state index in [0.717, 1.165) is 24.0 Å². The molecule has 26 heavy (non-hydrogen) atoms. The highest BCUT2D eigenvalue weighted by atomic mass is 35.5. The van der Waals surface area contributed by atoms with Crippen molar-refractivity contribution in [3.8, 4) is 11.3 Å². The Balaban J connectivity index is 1.51. The van der Waals surface area contributed by atoms with Crippen LogP contribution in [0, 0.1) is 0 Å². The second-order valence-corrected chi connectivity index (χ2v) is 6.94. The molecule has 2 aromatic carbocycles. The number of nitrogens with zero attached hydrogens (tertiary/aromatic N) is 2. The smallest absolute Gasteiger partial charge is 0.230 e. The van der Waals surface area contributed by atoms with Gasteiger partial charge >= 0.3 is 0 Å². The topological polar surface area (TPSA) is 68.0 Å². The molecule has 0 saturated carbocycles. The normalized spacial score (nSPS) is 13.3. The number of aryl methyl sites for hydroxylation is 2. The molecule has 1 N–H and O–H groups in total. The lowest BCUT2D eigenvalue weighted by Crippen LogP contribution is -2.15. The summed E-state index contributed by atoms with van der Waals surface area (Å²) in [6.07, 6.45) is 4.87. The van der Waals surface area contributed by atoms with Gasteiger partial charge in [0.25, 0.3) is 0 Å². The molecule has 6 heteroatoms. The van der Waals surface area contributed by atoms with E-state index in [1.54, 1.807) is 12.1 Å². The molecule has 0 radical (unpaired) electrons. The van der Waals surface area contributed by atoms with Crippen LogP contribution in [0.5, 0.6) is 0 Å². The van der Waals surface area contributed by atoms with Gasteiger partial charge in [-0.15, -0.1) is 0 Å². The first-order valence-electron chi connectivity index (χ1n) is 8.68. The molecule has 0 unspecified atom stereocenters. The molecular weight excluding hydrogens is 350 g/mol. The fraction of sp³-hybridized carbons (Fsp3) is 0.250. The van der Waals surface area contributed by atoms with E-state index in [-0.39, 0.29) is 12.3 Å². The van der Waals surface area contributed by atoms with E-state index in [1.165, 1.54) is 24.0 Å². The number of hydrogen-bond acceptors (Lipinski definition) is 4. The number of anilines is 1. The SMILES string of the molecule is O=C(Cc1ccc(Cl)cc1)Nc1nonc1-c1ccc2c(c1)CCCC2. The Morgan fingerprint density at radius 2 is 1.81 bits per heavy atom. The molecule has 0 atom stereocenters. The van der Waals surface area contributed by atoms with Crippen molar-refractivity contribution >= 4 is 23.3 Å². The van der Waals surface area contributed by atoms with Crippen molar-refractivity contribution in [1.82, 2.24) is 10.3 Å². The summed E-state index contributed by atoms with van der Waals surface area (Å²) < 4.78 is 4.88. The lowest BCUT2D eigenvalue weighted by molar-refractivity contribution is -0.115. The summed E-state index contributed by atoms with van der Waals surface area (Å²) >= 11 is 5.87. The number of halogens is 1. The van der Waals surface area contributed by atoms with Crippen molar-refractivity contribution in [3.63, 3.8) is 0 Å². The lowest BCUT2D eigenvalue weighted by atomic mass is 9.90. The molecule has 132 valence electrons. The molecule has 1 aliphatic rings. The molecular formula is C20H18ClN3O2. The molecule has 1 aliphatic carbocycles. The highest BCUT2D eigenvalue weighted by Crippen LogP contribution is 2.29. The third-order valence-electron chi connectivity index (χ3n) is 4.65. The van der Waals surface area contributed by atoms with Gasteiger partial charge in [0.2, 0.25) is 11.7 Å². The maximum absolute atomic E-state index is 12.3. The summed E-state index contributed by atoms with van der Waals surface area (Å²) in [6.45, 7) is 0. The molecule has 0 bridgehead atoms. The Labute approximate surface area is 156 Å². The van der Waals surface area contributed by atoms with Crippen LogP contribution in [0.1, 0.15) is 29.5 Å². The Bertz CT molecular complexity index is 934. The molecule has 4 rings (SSSR count). The van der Waals surface area contributed by atoms with Gasteiger partial charge in [-0.25, -0.2) is 4.63 Å². The number of carbonyl (C=O) groups excluding carboxylic acids is 1. The van der Waals surface area contributed by atoms with Crippen LogP contribution in [0.25, 0.3) is 11.3 Å². The predicted molar refractivity (Wildman–Crippen MR) is 100 cm³/mol. The van der Waals surface area contributed by atoms with Gasteiger partial charge in [0.1, 0.15) is 0 Å². The van der Waals surface area contributed by atoms with Crippen molar-refractivity contribution in [2.75, 3.05) is 5.32 Å². The number of aromatic nitrogens is 2. The average Bonchev–Trinajstić information content (AvgIpc) is 3.11. The number of hydrogen-bond donors (Lipinski definition) is 1. The second kappa shape index (κ2) is 7.30. The monoisotopic (exact) mass is 367 g/mol. The van der Waals surface area contributed by atoms with Crippen LogP contribution in [0.2, 0.25) is 5.02 Å². The van der Waals surface area contributed by atoms with E-state index in [1.807, 2.05) is 18.2 Å². The number of carbonyl (C=O) groups is 1. The summed E-state index contributed by atoms with van der Waals surface area (Å²) in [4.78, 5) is 12.3. The van der Waals surface area contributed by atoms with Gasteiger partial charge in [-0.05, 0) is 70.9 Å². The van der Waals surface area contributed by atoms with Crippen LogP contribution in [-0.4, -0.2) is 16.2 Å². The summed E-state index contributed by atoms with van der Waals surface area (Å²) in [5.74, 6) is 0.168. The standard InChI is InChI=1S/C20H18ClN3O2/c21-17-9-5-13(6-10-17)11-18(25)22-20-19(23-26-24-20)16-8-7-14-3-1-2-4-15(14)12-16/h5-10,12H,1-4,11H2,(H,22,24,25). The van der Waals surface area contributed by atoms with Gasteiger partial charge in [-0.3, -0.25) is 4.79 Å². The summed E-state index contributed by atoms with van der Waals surface area (Å²) in [5, 5.41) is 11.3. The van der Waals surface area contributed by atoms with Crippen molar-refractivity contribution in [3.05, 3.63) is 64.2 Å². The van der Waals surface area contributed by atoms with Crippen molar-refractivity contribution < 1.29 is 9.42 Å². The van der Waals surface area contributed by atoms with Crippen LogP contribution in [-0.2, 0) is 24.1 Å². The van der Waals surface area contributed by atoms with E-state index in [2.05, 4.69) is 27.8 Å². The largest absolute Gasteiger partial charge is 0.306 e. The minimum atomic E-state index is -0.178. The zero-order valence-electron chi connectivity index (χ0n) is 14.2. The number of nitrogens with one attached hydrogen (secondary N) is 1. The Morgan fingerprint density at radius 1 is 1.04 bits per heavy atom. The summed E-state index contributed by atoms with van der Waals surface area (Å²) in [7, 11) is 0. The minimum absolute atomic E-state index is 0.178. The predicted octanol–water partition coefficient (Wildman–Crippen LogP) is 4.45. The first kappa shape index (κ1) is 16.8. The fourth-order valence-corrected chi connectivity index (χ4v) is 3.43. The number of amides is 1. The van der Waals surface area contributed by atoms with E-state index >= 15 is 0 Å². The van der Waals surface area contributed by atoms with Crippen LogP contribution < -0.4 is 5.32 Å². The number of rotatable bonds is 4. The van der Waals surface area contributed by atoms with Crippen LogP contribution in [0.3, 0.4) is 0 Å². The number of benzene rings is 2. The van der Waals surface area contributed by atoms with Crippen LogP contribution in [0.4, 0.5) is 5.82 Å². The Kier molecular flexibility index (Phi) is 4.71. The Morgan fingerprint density at radius 3 is 2.62 bits per heavy atom. The minimum Gasteiger partial charge on any atom is -0.306 e. The highest BCUT2D eigenvalue weighted by molar-refractivity contribution is 6.30. The molecule has 0 aliphatic heterocycles. The van der Waals surface area contributed by atoms with Gasteiger partial charge in [0, 0.05) is 10.6 Å². The third kappa shape index (κ3) is 3.63. The Hall–Kier alpha value is -2.66. The van der Waals surface area contributed by atoms with Gasteiger partial charge in [-0.2, -0.15) is 0 Å². The van der Waals surface area contributed by atoms with Gasteiger partial charge in [-0.1, -0.05) is 35.9 Å². The molecule has 0 fully saturated rings. The van der Waals surface area contributed by atoms with Crippen molar-refractivity contribution in [2.24, 2.45) is 0 Å². The van der Waals surface area contributed by atoms with Crippen molar-refractivity contribution in [2.45, 2.75) is 32.1 Å².